The zero-order chi connectivity index (χ0) is 30.5. The molecule has 4 aromatic carbocycles. The number of nitro benzene ring substituents is 1. The van der Waals surface area contributed by atoms with E-state index in [1.807, 2.05) is 102 Å². The number of rotatable bonds is 6. The summed E-state index contributed by atoms with van der Waals surface area (Å²) in [6.45, 7) is 1.69. The molecular formula is C35H27N3O6. The van der Waals surface area contributed by atoms with Crippen molar-refractivity contribution in [1.29, 1.82) is 0 Å². The molecule has 4 aromatic rings. The van der Waals surface area contributed by atoms with E-state index >= 15 is 0 Å². The second-order valence-corrected chi connectivity index (χ2v) is 11.2. The van der Waals surface area contributed by atoms with Crippen molar-refractivity contribution in [1.82, 2.24) is 0 Å². The summed E-state index contributed by atoms with van der Waals surface area (Å²) < 4.78 is 6.30. The third-order valence-corrected chi connectivity index (χ3v) is 8.74. The van der Waals surface area contributed by atoms with Gasteiger partial charge in [-0.2, -0.15) is 0 Å². The normalized spacial score (nSPS) is 21.7. The summed E-state index contributed by atoms with van der Waals surface area (Å²) in [6.07, 6.45) is 3.01. The van der Waals surface area contributed by atoms with Gasteiger partial charge in [0.1, 0.15) is 6.04 Å². The molecule has 0 unspecified atom stereocenters. The lowest BCUT2D eigenvalue weighted by Gasteiger charge is -2.36. The quantitative estimate of drug-likeness (QED) is 0.125. The molecule has 9 heteroatoms. The Morgan fingerprint density at radius 2 is 1.43 bits per heavy atom. The van der Waals surface area contributed by atoms with Crippen molar-refractivity contribution < 1.29 is 24.0 Å². The van der Waals surface area contributed by atoms with Crippen molar-refractivity contribution >= 4 is 40.9 Å². The van der Waals surface area contributed by atoms with Crippen LogP contribution in [0.15, 0.2) is 109 Å². The molecule has 3 heterocycles. The van der Waals surface area contributed by atoms with Gasteiger partial charge in [-0.15, -0.1) is 0 Å². The van der Waals surface area contributed by atoms with Gasteiger partial charge in [0.25, 0.3) is 5.69 Å². The lowest BCUT2D eigenvalue weighted by atomic mass is 9.88. The molecule has 0 spiro atoms. The monoisotopic (exact) mass is 585 g/mol. The van der Waals surface area contributed by atoms with Gasteiger partial charge < -0.3 is 9.64 Å². The Balaban J connectivity index is 1.33. The summed E-state index contributed by atoms with van der Waals surface area (Å²) in [5.74, 6) is -3.68. The highest BCUT2D eigenvalue weighted by atomic mass is 16.6. The van der Waals surface area contributed by atoms with Gasteiger partial charge in [0.2, 0.25) is 11.8 Å². The molecule has 4 atom stereocenters. The van der Waals surface area contributed by atoms with Crippen molar-refractivity contribution in [3.8, 4) is 0 Å². The molecule has 2 amide bonds. The number of esters is 1. The first-order valence-electron chi connectivity index (χ1n) is 14.3. The average molecular weight is 586 g/mol. The van der Waals surface area contributed by atoms with Crippen LogP contribution >= 0.6 is 0 Å². The number of nitrogens with zero attached hydrogens (tertiary/aromatic N) is 3. The van der Waals surface area contributed by atoms with E-state index < -0.39 is 52.7 Å². The molecule has 0 saturated carbocycles. The van der Waals surface area contributed by atoms with Crippen molar-refractivity contribution in [3.63, 3.8) is 0 Å². The minimum absolute atomic E-state index is 0.147. The van der Waals surface area contributed by atoms with E-state index in [1.165, 1.54) is 18.2 Å². The number of para-hydroxylation sites is 1. The Labute approximate surface area is 253 Å². The van der Waals surface area contributed by atoms with Gasteiger partial charge in [0.05, 0.1) is 28.5 Å². The Kier molecular flexibility index (Phi) is 6.58. The second-order valence-electron chi connectivity index (χ2n) is 11.2. The molecule has 0 radical (unpaired) electrons. The van der Waals surface area contributed by atoms with Crippen LogP contribution in [0.4, 0.5) is 17.1 Å². The SMILES string of the molecule is Cc1ccc([N+](=O)[O-])cc1N1C(=O)[C@@H]2[C@@H](C1=O)[C@@H]1C=Cc3ccccc3N1[C@@H]2C(=O)OC(c1ccccc1)c1ccccc1. The Morgan fingerprint density at radius 1 is 0.818 bits per heavy atom. The second kappa shape index (κ2) is 10.6. The van der Waals surface area contributed by atoms with E-state index in [-0.39, 0.29) is 11.4 Å². The minimum Gasteiger partial charge on any atom is -0.451 e. The highest BCUT2D eigenvalue weighted by Gasteiger charge is 2.65. The third-order valence-electron chi connectivity index (χ3n) is 8.74. The van der Waals surface area contributed by atoms with Crippen LogP contribution in [0.3, 0.4) is 0 Å². The van der Waals surface area contributed by atoms with Gasteiger partial charge in [0.15, 0.2) is 6.10 Å². The zero-order valence-electron chi connectivity index (χ0n) is 23.6. The van der Waals surface area contributed by atoms with Gasteiger partial charge in [-0.05, 0) is 35.2 Å². The molecular weight excluding hydrogens is 558 g/mol. The number of fused-ring (bicyclic) bond motifs is 5. The standard InChI is InChI=1S/C35H27N3O6/c1-21-16-18-25(38(42)43)20-28(21)37-33(39)29-27-19-17-22-10-8-9-15-26(22)36(27)31(30(29)34(37)40)35(41)44-32(23-11-4-2-5-12-23)24-13-6-3-7-14-24/h2-20,27,29-32H,1H3/t27-,29-,30+,31-/m0/s1. The number of hydrogen-bond acceptors (Lipinski definition) is 7. The predicted molar refractivity (Wildman–Crippen MR) is 164 cm³/mol. The summed E-state index contributed by atoms with van der Waals surface area (Å²) >= 11 is 0. The lowest BCUT2D eigenvalue weighted by Crippen LogP contribution is -2.49. The number of hydrogen-bond donors (Lipinski definition) is 0. The highest BCUT2D eigenvalue weighted by Crippen LogP contribution is 2.50. The van der Waals surface area contributed by atoms with Gasteiger partial charge >= 0.3 is 5.97 Å². The first-order valence-corrected chi connectivity index (χ1v) is 14.3. The smallest absolute Gasteiger partial charge is 0.330 e. The molecule has 3 aliphatic rings. The fourth-order valence-electron chi connectivity index (χ4n) is 6.74. The molecule has 2 fully saturated rings. The number of carbonyl (C=O) groups excluding carboxylic acids is 3. The third kappa shape index (κ3) is 4.27. The van der Waals surface area contributed by atoms with Gasteiger partial charge in [0, 0.05) is 17.8 Å². The molecule has 0 N–H and O–H groups in total. The van der Waals surface area contributed by atoms with E-state index in [1.54, 1.807) is 6.92 Å². The molecule has 218 valence electrons. The maximum atomic E-state index is 14.5. The highest BCUT2D eigenvalue weighted by molar-refractivity contribution is 6.25. The van der Waals surface area contributed by atoms with Crippen LogP contribution < -0.4 is 9.80 Å². The van der Waals surface area contributed by atoms with E-state index in [0.717, 1.165) is 27.3 Å². The fraction of sp³-hybridized carbons (Fsp3) is 0.171. The molecule has 7 rings (SSSR count). The summed E-state index contributed by atoms with van der Waals surface area (Å²) in [6, 6.07) is 28.6. The minimum atomic E-state index is -1.12. The number of carbonyl (C=O) groups is 3. The number of anilines is 2. The van der Waals surface area contributed by atoms with Crippen LogP contribution in [0.1, 0.15) is 28.4 Å². The number of benzene rings is 4. The number of nitro groups is 1. The van der Waals surface area contributed by atoms with Crippen LogP contribution in [0.25, 0.3) is 6.08 Å². The Bertz CT molecular complexity index is 1800. The van der Waals surface area contributed by atoms with E-state index in [0.29, 0.717) is 5.56 Å². The van der Waals surface area contributed by atoms with Crippen molar-refractivity contribution in [2.45, 2.75) is 25.1 Å². The van der Waals surface area contributed by atoms with E-state index in [4.69, 9.17) is 4.74 Å². The molecule has 2 saturated heterocycles. The van der Waals surface area contributed by atoms with Gasteiger partial charge in [-0.25, -0.2) is 9.69 Å². The maximum Gasteiger partial charge on any atom is 0.330 e. The summed E-state index contributed by atoms with van der Waals surface area (Å²) in [7, 11) is 0. The van der Waals surface area contributed by atoms with Crippen LogP contribution in [-0.2, 0) is 19.1 Å². The van der Waals surface area contributed by atoms with Crippen LogP contribution in [0.2, 0.25) is 0 Å². The Morgan fingerprint density at radius 3 is 2.09 bits per heavy atom. The van der Waals surface area contributed by atoms with Crippen molar-refractivity contribution in [2.75, 3.05) is 9.80 Å². The van der Waals surface area contributed by atoms with Gasteiger partial charge in [-0.1, -0.05) is 97.1 Å². The van der Waals surface area contributed by atoms with Crippen LogP contribution in [0, 0.1) is 28.9 Å². The summed E-state index contributed by atoms with van der Waals surface area (Å²) in [5.41, 5.74) is 3.56. The average Bonchev–Trinajstić information content (AvgIpc) is 3.53. The number of ether oxygens (including phenoxy) is 1. The largest absolute Gasteiger partial charge is 0.451 e. The number of imide groups is 1. The van der Waals surface area contributed by atoms with Crippen LogP contribution in [0.5, 0.6) is 0 Å². The van der Waals surface area contributed by atoms with Gasteiger partial charge in [-0.3, -0.25) is 19.7 Å². The molecule has 9 nitrogen and oxygen atoms in total. The van der Waals surface area contributed by atoms with E-state index in [9.17, 15) is 24.5 Å². The molecule has 3 aliphatic heterocycles. The lowest BCUT2D eigenvalue weighted by molar-refractivity contribution is -0.384. The van der Waals surface area contributed by atoms with Crippen molar-refractivity contribution in [2.24, 2.45) is 11.8 Å². The molecule has 0 bridgehead atoms. The van der Waals surface area contributed by atoms with E-state index in [2.05, 4.69) is 0 Å². The molecule has 0 aliphatic carbocycles. The Hall–Kier alpha value is -5.57. The predicted octanol–water partition coefficient (Wildman–Crippen LogP) is 5.63. The summed E-state index contributed by atoms with van der Waals surface area (Å²) in [5, 5.41) is 11.6. The molecule has 0 aromatic heterocycles. The van der Waals surface area contributed by atoms with Crippen molar-refractivity contribution in [3.05, 3.63) is 142 Å². The first-order chi connectivity index (χ1) is 21.3. The number of amides is 2. The molecule has 44 heavy (non-hydrogen) atoms. The fourth-order valence-corrected chi connectivity index (χ4v) is 6.74. The zero-order valence-corrected chi connectivity index (χ0v) is 23.6. The van der Waals surface area contributed by atoms with Crippen LogP contribution in [-0.4, -0.2) is 34.8 Å². The topological polar surface area (TPSA) is 110 Å². The maximum absolute atomic E-state index is 14.5. The number of aryl methyl sites for hydroxylation is 1. The summed E-state index contributed by atoms with van der Waals surface area (Å²) in [4.78, 5) is 56.8. The number of non-ortho nitro benzene ring substituents is 1. The first kappa shape index (κ1) is 27.3.